The Morgan fingerprint density at radius 2 is 1.94 bits per heavy atom. The largest absolute Gasteiger partial charge is 0.326 e. The van der Waals surface area contributed by atoms with Gasteiger partial charge in [0.2, 0.25) is 5.95 Å². The lowest BCUT2D eigenvalue weighted by Crippen LogP contribution is -2.28. The molecule has 0 radical (unpaired) electrons. The third-order valence-electron chi connectivity index (χ3n) is 5.99. The highest BCUT2D eigenvalue weighted by Crippen LogP contribution is 2.30. The molecule has 33 heavy (non-hydrogen) atoms. The van der Waals surface area contributed by atoms with Crippen molar-refractivity contribution in [1.82, 2.24) is 29.8 Å². The second kappa shape index (κ2) is 8.15. The normalized spacial score (nSPS) is 15.8. The number of aromatic nitrogens is 5. The van der Waals surface area contributed by atoms with Crippen LogP contribution in [0.25, 0.3) is 22.3 Å². The number of hydrogen-bond acceptors (Lipinski definition) is 6. The summed E-state index contributed by atoms with van der Waals surface area (Å²) in [4.78, 5) is 17.4. The summed E-state index contributed by atoms with van der Waals surface area (Å²) >= 11 is 0. The van der Waals surface area contributed by atoms with Gasteiger partial charge in [-0.15, -0.1) is 0 Å². The van der Waals surface area contributed by atoms with Crippen molar-refractivity contribution in [2.24, 2.45) is 0 Å². The number of hydrogen-bond donors (Lipinski definition) is 2. The Kier molecular flexibility index (Phi) is 5.28. The van der Waals surface area contributed by atoms with Crippen molar-refractivity contribution in [1.29, 1.82) is 0 Å². The van der Waals surface area contributed by atoms with Crippen LogP contribution in [-0.4, -0.2) is 31.0 Å². The Bertz CT molecular complexity index is 1360. The third kappa shape index (κ3) is 3.82. The van der Waals surface area contributed by atoms with Gasteiger partial charge < -0.3 is 15.2 Å². The summed E-state index contributed by atoms with van der Waals surface area (Å²) < 4.78 is 31.5. The predicted molar refractivity (Wildman–Crippen MR) is 123 cm³/mol. The van der Waals surface area contributed by atoms with E-state index >= 15 is 0 Å². The van der Waals surface area contributed by atoms with Crippen molar-refractivity contribution in [3.05, 3.63) is 59.2 Å². The fourth-order valence-corrected chi connectivity index (χ4v) is 4.50. The molecule has 0 saturated carbocycles. The van der Waals surface area contributed by atoms with Gasteiger partial charge in [0.15, 0.2) is 11.6 Å². The summed E-state index contributed by atoms with van der Waals surface area (Å²) in [5.74, 6) is 0.316. The molecule has 9 heteroatoms. The fraction of sp³-hybridized carbons (Fsp3) is 0.333. The van der Waals surface area contributed by atoms with Crippen LogP contribution >= 0.6 is 0 Å². The number of nitrogens with zero attached hydrogens (tertiary/aromatic N) is 5. The lowest BCUT2D eigenvalue weighted by Gasteiger charge is -2.23. The van der Waals surface area contributed by atoms with Gasteiger partial charge in [-0.05, 0) is 51.5 Å². The summed E-state index contributed by atoms with van der Waals surface area (Å²) in [5.41, 5.74) is 3.37. The summed E-state index contributed by atoms with van der Waals surface area (Å²) in [6.07, 6.45) is 1.91. The zero-order valence-electron chi connectivity index (χ0n) is 18.9. The van der Waals surface area contributed by atoms with E-state index in [0.29, 0.717) is 22.7 Å². The molecule has 0 aliphatic carbocycles. The molecule has 170 valence electrons. The monoisotopic (exact) mass is 449 g/mol. The van der Waals surface area contributed by atoms with E-state index in [9.17, 15) is 8.78 Å². The van der Waals surface area contributed by atoms with Gasteiger partial charge in [0.1, 0.15) is 22.9 Å². The summed E-state index contributed by atoms with van der Waals surface area (Å²) in [5, 5.41) is 6.47. The molecule has 0 bridgehead atoms. The highest BCUT2D eigenvalue weighted by molar-refractivity contribution is 5.83. The molecule has 4 heterocycles. The van der Waals surface area contributed by atoms with Gasteiger partial charge in [0.05, 0.1) is 11.7 Å². The lowest BCUT2D eigenvalue weighted by molar-refractivity contribution is 0.533. The second-order valence-corrected chi connectivity index (χ2v) is 8.62. The molecule has 0 spiro atoms. The molecule has 0 fully saturated rings. The van der Waals surface area contributed by atoms with Crippen molar-refractivity contribution in [2.45, 2.75) is 46.2 Å². The summed E-state index contributed by atoms with van der Waals surface area (Å²) in [6.45, 7) is 8.78. The molecule has 1 aliphatic heterocycles. The zero-order valence-corrected chi connectivity index (χ0v) is 18.9. The average Bonchev–Trinajstić information content (AvgIpc) is 3.12. The van der Waals surface area contributed by atoms with Crippen LogP contribution < -0.4 is 10.6 Å². The van der Waals surface area contributed by atoms with E-state index < -0.39 is 11.6 Å². The number of nitrogens with one attached hydrogen (secondary N) is 2. The van der Waals surface area contributed by atoms with Crippen molar-refractivity contribution < 1.29 is 8.78 Å². The molecular weight excluding hydrogens is 424 g/mol. The number of fused-ring (bicyclic) bond motifs is 2. The first-order valence-electron chi connectivity index (χ1n) is 11.0. The number of halogens is 2. The van der Waals surface area contributed by atoms with Crippen molar-refractivity contribution >= 4 is 22.8 Å². The Balaban J connectivity index is 1.53. The van der Waals surface area contributed by atoms with E-state index in [-0.39, 0.29) is 29.2 Å². The van der Waals surface area contributed by atoms with Crippen LogP contribution in [0, 0.1) is 18.6 Å². The Morgan fingerprint density at radius 1 is 1.12 bits per heavy atom. The topological polar surface area (TPSA) is 80.6 Å². The number of benzene rings is 1. The lowest BCUT2D eigenvalue weighted by atomic mass is 10.0. The summed E-state index contributed by atoms with van der Waals surface area (Å²) in [6, 6.07) is 7.18. The number of imidazole rings is 1. The second-order valence-electron chi connectivity index (χ2n) is 8.62. The highest BCUT2D eigenvalue weighted by atomic mass is 19.1. The fourth-order valence-electron chi connectivity index (χ4n) is 4.50. The van der Waals surface area contributed by atoms with Gasteiger partial charge in [0, 0.05) is 36.3 Å². The summed E-state index contributed by atoms with van der Waals surface area (Å²) in [7, 11) is 0. The molecule has 4 aromatic rings. The molecule has 1 atom stereocenters. The molecule has 1 aliphatic rings. The molecule has 7 nitrogen and oxygen atoms in total. The minimum Gasteiger partial charge on any atom is -0.326 e. The minimum atomic E-state index is -0.634. The Morgan fingerprint density at radius 3 is 2.73 bits per heavy atom. The van der Waals surface area contributed by atoms with Crippen LogP contribution in [0.5, 0.6) is 0 Å². The van der Waals surface area contributed by atoms with E-state index in [1.165, 1.54) is 6.07 Å². The highest BCUT2D eigenvalue weighted by Gasteiger charge is 2.20. The Hall–Kier alpha value is -3.46. The quantitative estimate of drug-likeness (QED) is 0.456. The van der Waals surface area contributed by atoms with Crippen LogP contribution in [-0.2, 0) is 6.42 Å². The maximum absolute atomic E-state index is 14.9. The molecular formula is C24H25F2N7. The maximum Gasteiger partial charge on any atom is 0.229 e. The van der Waals surface area contributed by atoms with Gasteiger partial charge in [-0.25, -0.2) is 28.7 Å². The van der Waals surface area contributed by atoms with E-state index in [1.807, 2.05) is 37.5 Å². The van der Waals surface area contributed by atoms with Crippen LogP contribution in [0.1, 0.15) is 49.9 Å². The minimum absolute atomic E-state index is 0.0123. The third-order valence-corrected chi connectivity index (χ3v) is 5.99. The van der Waals surface area contributed by atoms with Gasteiger partial charge in [-0.2, -0.15) is 0 Å². The molecule has 0 unspecified atom stereocenters. The molecule has 3 aromatic heterocycles. The molecule has 5 rings (SSSR count). The van der Waals surface area contributed by atoms with Crippen molar-refractivity contribution in [3.8, 4) is 11.3 Å². The average molecular weight is 450 g/mol. The Labute approximate surface area is 190 Å². The first kappa shape index (κ1) is 21.4. The zero-order chi connectivity index (χ0) is 23.3. The van der Waals surface area contributed by atoms with Gasteiger partial charge in [-0.3, -0.25) is 0 Å². The first-order chi connectivity index (χ1) is 15.8. The van der Waals surface area contributed by atoms with Crippen molar-refractivity contribution in [2.75, 3.05) is 11.9 Å². The van der Waals surface area contributed by atoms with E-state index in [4.69, 9.17) is 0 Å². The molecule has 0 amide bonds. The molecule has 2 N–H and O–H groups in total. The predicted octanol–water partition coefficient (Wildman–Crippen LogP) is 5.01. The van der Waals surface area contributed by atoms with E-state index in [2.05, 4.69) is 37.5 Å². The number of pyridine rings is 1. The molecule has 1 aromatic carbocycles. The number of rotatable bonds is 4. The van der Waals surface area contributed by atoms with Gasteiger partial charge in [0.25, 0.3) is 0 Å². The van der Waals surface area contributed by atoms with E-state index in [0.717, 1.165) is 30.4 Å². The van der Waals surface area contributed by atoms with Crippen LogP contribution in [0.15, 0.2) is 30.5 Å². The molecule has 0 saturated heterocycles. The van der Waals surface area contributed by atoms with Gasteiger partial charge >= 0.3 is 0 Å². The van der Waals surface area contributed by atoms with Crippen LogP contribution in [0.2, 0.25) is 0 Å². The van der Waals surface area contributed by atoms with Crippen LogP contribution in [0.3, 0.4) is 0 Å². The van der Waals surface area contributed by atoms with Gasteiger partial charge in [-0.1, -0.05) is 6.07 Å². The first-order valence-corrected chi connectivity index (χ1v) is 11.0. The number of aryl methyl sites for hydroxylation is 1. The van der Waals surface area contributed by atoms with E-state index in [1.54, 1.807) is 6.07 Å². The standard InChI is InChI=1S/C24H25F2N7/c1-12(2)33-14(4)29-23-17(25)9-15(10-20(23)33)22-18(26)11-28-24(32-22)31-21-6-5-16-13(3)27-8-7-19(16)30-21/h5-6,9-13,27H,7-8H2,1-4H3,(H,28,30,31,32)/t13-/m0/s1. The van der Waals surface area contributed by atoms with Crippen LogP contribution in [0.4, 0.5) is 20.5 Å². The SMILES string of the molecule is Cc1nc2c(F)cc(-c3nc(Nc4ccc5c(n4)CCN[C@H]5C)ncc3F)cc2n1C(C)C. The van der Waals surface area contributed by atoms with Crippen molar-refractivity contribution in [3.63, 3.8) is 0 Å². The number of anilines is 2. The maximum atomic E-state index is 14.9. The smallest absolute Gasteiger partial charge is 0.229 e.